The molecular weight excluding hydrogens is 389 g/mol. The largest absolute Gasteiger partial charge is 0.449 e. The highest BCUT2D eigenvalue weighted by atomic mass is 127. The van der Waals surface area contributed by atoms with Gasteiger partial charge in [-0.25, -0.2) is 0 Å². The standard InChI is InChI=1S/C15H9ClINO2/c16-9-6-10-12(8-4-2-1-3-5-8)14(15(18)19)20-13(10)11(17)7-9/h1-7H,(H2,18,19). The summed E-state index contributed by atoms with van der Waals surface area (Å²) in [6, 6.07) is 13.1. The van der Waals surface area contributed by atoms with Crippen LogP contribution >= 0.6 is 34.2 Å². The first kappa shape index (κ1) is 13.5. The van der Waals surface area contributed by atoms with E-state index in [-0.39, 0.29) is 5.76 Å². The van der Waals surface area contributed by atoms with Crippen LogP contribution in [0.5, 0.6) is 0 Å². The van der Waals surface area contributed by atoms with Gasteiger partial charge in [0.2, 0.25) is 0 Å². The summed E-state index contributed by atoms with van der Waals surface area (Å²) in [5, 5.41) is 1.39. The fraction of sp³-hybridized carbons (Fsp3) is 0. The molecule has 0 saturated carbocycles. The summed E-state index contributed by atoms with van der Waals surface area (Å²) in [6.45, 7) is 0. The number of rotatable bonds is 2. The van der Waals surface area contributed by atoms with Crippen LogP contribution in [0.25, 0.3) is 22.1 Å². The Morgan fingerprint density at radius 2 is 1.90 bits per heavy atom. The summed E-state index contributed by atoms with van der Waals surface area (Å²) < 4.78 is 6.50. The van der Waals surface area contributed by atoms with Gasteiger partial charge in [0.1, 0.15) is 5.58 Å². The number of fused-ring (bicyclic) bond motifs is 1. The second kappa shape index (κ2) is 5.10. The zero-order valence-electron chi connectivity index (χ0n) is 10.2. The van der Waals surface area contributed by atoms with Gasteiger partial charge in [0.05, 0.1) is 3.57 Å². The minimum Gasteiger partial charge on any atom is -0.449 e. The zero-order chi connectivity index (χ0) is 14.3. The van der Waals surface area contributed by atoms with Crippen molar-refractivity contribution in [1.82, 2.24) is 0 Å². The van der Waals surface area contributed by atoms with Crippen molar-refractivity contribution in [2.24, 2.45) is 5.73 Å². The van der Waals surface area contributed by atoms with Gasteiger partial charge < -0.3 is 10.2 Å². The van der Waals surface area contributed by atoms with E-state index in [1.807, 2.05) is 30.3 Å². The highest BCUT2D eigenvalue weighted by Gasteiger charge is 2.21. The maximum Gasteiger partial charge on any atom is 0.285 e. The minimum absolute atomic E-state index is 0.159. The van der Waals surface area contributed by atoms with Crippen molar-refractivity contribution >= 4 is 51.1 Å². The molecule has 3 rings (SSSR count). The number of hydrogen-bond acceptors (Lipinski definition) is 2. The molecular formula is C15H9ClINO2. The van der Waals surface area contributed by atoms with Gasteiger partial charge in [0.25, 0.3) is 5.91 Å². The number of furan rings is 1. The third kappa shape index (κ3) is 2.19. The molecule has 0 unspecified atom stereocenters. The van der Waals surface area contributed by atoms with Crippen LogP contribution in [0.2, 0.25) is 5.02 Å². The first-order valence-electron chi connectivity index (χ1n) is 5.84. The molecule has 2 aromatic carbocycles. The molecule has 0 fully saturated rings. The maximum absolute atomic E-state index is 11.7. The monoisotopic (exact) mass is 397 g/mol. The lowest BCUT2D eigenvalue weighted by Gasteiger charge is -2.01. The van der Waals surface area contributed by atoms with Crippen molar-refractivity contribution in [3.63, 3.8) is 0 Å². The molecule has 0 aliphatic heterocycles. The van der Waals surface area contributed by atoms with Crippen LogP contribution < -0.4 is 5.73 Å². The molecule has 20 heavy (non-hydrogen) atoms. The summed E-state index contributed by atoms with van der Waals surface area (Å²) in [7, 11) is 0. The third-order valence-corrected chi connectivity index (χ3v) is 4.01. The Labute approximate surface area is 133 Å². The van der Waals surface area contributed by atoms with Crippen LogP contribution in [0.3, 0.4) is 0 Å². The molecule has 3 nitrogen and oxygen atoms in total. The number of carbonyl (C=O) groups excluding carboxylic acids is 1. The molecule has 100 valence electrons. The molecule has 2 N–H and O–H groups in total. The molecule has 0 aliphatic rings. The van der Waals surface area contributed by atoms with Gasteiger partial charge in [-0.1, -0.05) is 41.9 Å². The second-order valence-electron chi connectivity index (χ2n) is 4.30. The van der Waals surface area contributed by atoms with Gasteiger partial charge in [0, 0.05) is 16.0 Å². The fourth-order valence-corrected chi connectivity index (χ4v) is 3.33. The van der Waals surface area contributed by atoms with E-state index < -0.39 is 5.91 Å². The number of carbonyl (C=O) groups is 1. The fourth-order valence-electron chi connectivity index (χ4n) is 2.19. The van der Waals surface area contributed by atoms with Crippen molar-refractivity contribution in [3.05, 3.63) is 56.8 Å². The maximum atomic E-state index is 11.7. The Morgan fingerprint density at radius 1 is 1.20 bits per heavy atom. The van der Waals surface area contributed by atoms with E-state index in [9.17, 15) is 4.79 Å². The molecule has 1 amide bonds. The topological polar surface area (TPSA) is 56.2 Å². The smallest absolute Gasteiger partial charge is 0.285 e. The minimum atomic E-state index is -0.591. The molecule has 5 heteroatoms. The SMILES string of the molecule is NC(=O)c1oc2c(I)cc(Cl)cc2c1-c1ccccc1. The summed E-state index contributed by atoms with van der Waals surface area (Å²) in [5.41, 5.74) is 7.62. The molecule has 0 atom stereocenters. The highest BCUT2D eigenvalue weighted by molar-refractivity contribution is 14.1. The van der Waals surface area contributed by atoms with Crippen LogP contribution in [0, 0.1) is 3.57 Å². The van der Waals surface area contributed by atoms with Crippen molar-refractivity contribution in [3.8, 4) is 11.1 Å². The number of hydrogen-bond donors (Lipinski definition) is 1. The Balaban J connectivity index is 2.44. The highest BCUT2D eigenvalue weighted by Crippen LogP contribution is 2.38. The summed E-state index contributed by atoms with van der Waals surface area (Å²) in [6.07, 6.45) is 0. The van der Waals surface area contributed by atoms with Crippen molar-refractivity contribution in [1.29, 1.82) is 0 Å². The van der Waals surface area contributed by atoms with Crippen molar-refractivity contribution in [2.75, 3.05) is 0 Å². The van der Waals surface area contributed by atoms with E-state index in [0.29, 0.717) is 16.2 Å². The van der Waals surface area contributed by atoms with Gasteiger partial charge in [-0.3, -0.25) is 4.79 Å². The average Bonchev–Trinajstić information content (AvgIpc) is 2.79. The molecule has 1 heterocycles. The summed E-state index contributed by atoms with van der Waals surface area (Å²) in [5.74, 6) is -0.432. The van der Waals surface area contributed by atoms with Gasteiger partial charge in [0.15, 0.2) is 5.76 Å². The van der Waals surface area contributed by atoms with Gasteiger partial charge in [-0.15, -0.1) is 0 Å². The molecule has 0 radical (unpaired) electrons. The quantitative estimate of drug-likeness (QED) is 0.649. The number of primary amides is 1. The third-order valence-electron chi connectivity index (χ3n) is 3.00. The molecule has 0 saturated heterocycles. The Hall–Kier alpha value is -1.53. The van der Waals surface area contributed by atoms with Crippen molar-refractivity contribution in [2.45, 2.75) is 0 Å². The van der Waals surface area contributed by atoms with Crippen LogP contribution in [0.15, 0.2) is 46.9 Å². The number of benzene rings is 2. The van der Waals surface area contributed by atoms with E-state index in [1.54, 1.807) is 12.1 Å². The normalized spacial score (nSPS) is 10.9. The van der Waals surface area contributed by atoms with E-state index >= 15 is 0 Å². The lowest BCUT2D eigenvalue weighted by atomic mass is 10.0. The van der Waals surface area contributed by atoms with E-state index in [2.05, 4.69) is 22.6 Å². The molecule has 3 aromatic rings. The van der Waals surface area contributed by atoms with Gasteiger partial charge in [-0.05, 0) is 40.3 Å². The number of amides is 1. The van der Waals surface area contributed by atoms with Gasteiger partial charge in [-0.2, -0.15) is 0 Å². The predicted octanol–water partition coefficient (Wildman–Crippen LogP) is 4.46. The Morgan fingerprint density at radius 3 is 2.55 bits per heavy atom. The van der Waals surface area contributed by atoms with E-state index in [4.69, 9.17) is 21.8 Å². The first-order valence-corrected chi connectivity index (χ1v) is 7.30. The average molecular weight is 398 g/mol. The molecule has 1 aromatic heterocycles. The lowest BCUT2D eigenvalue weighted by Crippen LogP contribution is -2.10. The summed E-state index contributed by atoms with van der Waals surface area (Å²) >= 11 is 8.24. The van der Waals surface area contributed by atoms with E-state index in [0.717, 1.165) is 14.5 Å². The Kier molecular flexibility index (Phi) is 3.43. The predicted molar refractivity (Wildman–Crippen MR) is 87.9 cm³/mol. The molecule has 0 spiro atoms. The first-order chi connectivity index (χ1) is 9.58. The van der Waals surface area contributed by atoms with Crippen LogP contribution in [0.4, 0.5) is 0 Å². The number of nitrogens with two attached hydrogens (primary N) is 1. The second-order valence-corrected chi connectivity index (χ2v) is 5.90. The summed E-state index contributed by atoms with van der Waals surface area (Å²) in [4.78, 5) is 11.7. The zero-order valence-corrected chi connectivity index (χ0v) is 13.1. The number of halogens is 2. The van der Waals surface area contributed by atoms with Crippen LogP contribution in [0.1, 0.15) is 10.6 Å². The van der Waals surface area contributed by atoms with Gasteiger partial charge >= 0.3 is 0 Å². The van der Waals surface area contributed by atoms with Crippen LogP contribution in [-0.2, 0) is 0 Å². The molecule has 0 aliphatic carbocycles. The lowest BCUT2D eigenvalue weighted by molar-refractivity contribution is 0.0977. The Bertz CT molecular complexity index is 812. The van der Waals surface area contributed by atoms with Crippen molar-refractivity contribution < 1.29 is 9.21 Å². The van der Waals surface area contributed by atoms with E-state index in [1.165, 1.54) is 0 Å². The molecule has 0 bridgehead atoms. The van der Waals surface area contributed by atoms with Crippen LogP contribution in [-0.4, -0.2) is 5.91 Å².